The molecule has 0 N–H and O–H groups in total. The van der Waals surface area contributed by atoms with Crippen LogP contribution in [0.15, 0.2) is 75.6 Å². The molecule has 3 aromatic carbocycles. The maximum atomic E-state index is 13.1. The summed E-state index contributed by atoms with van der Waals surface area (Å²) in [7, 11) is 0. The van der Waals surface area contributed by atoms with E-state index in [4.69, 9.17) is 9.40 Å². The van der Waals surface area contributed by atoms with Crippen LogP contribution in [-0.4, -0.2) is 22.3 Å². The summed E-state index contributed by atoms with van der Waals surface area (Å²) in [6.45, 7) is 2.81. The molecule has 1 aliphatic rings. The molecule has 4 aromatic rings. The molecule has 0 aliphatic carbocycles. The number of oxazole rings is 1. The van der Waals surface area contributed by atoms with Gasteiger partial charge in [-0.3, -0.25) is 4.79 Å². The second-order valence-corrected chi connectivity index (χ2v) is 8.68. The molecule has 0 bridgehead atoms. The van der Waals surface area contributed by atoms with E-state index in [9.17, 15) is 4.79 Å². The largest absolute Gasteiger partial charge is 0.438 e. The van der Waals surface area contributed by atoms with E-state index in [1.807, 2.05) is 35.2 Å². The lowest BCUT2D eigenvalue weighted by atomic mass is 10.0. The van der Waals surface area contributed by atoms with Crippen LogP contribution in [0.5, 0.6) is 0 Å². The van der Waals surface area contributed by atoms with Crippen molar-refractivity contribution in [3.05, 3.63) is 88.2 Å². The van der Waals surface area contributed by atoms with E-state index in [1.54, 1.807) is 0 Å². The van der Waals surface area contributed by atoms with E-state index in [2.05, 4.69) is 59.3 Å². The molecular formula is C25H21BrN2O2. The molecule has 1 unspecified atom stereocenters. The number of hydrogen-bond acceptors (Lipinski definition) is 3. The van der Waals surface area contributed by atoms with Crippen LogP contribution in [0.1, 0.15) is 40.7 Å². The number of nitrogens with zero attached hydrogens (tertiary/aromatic N) is 2. The number of amides is 1. The van der Waals surface area contributed by atoms with Crippen molar-refractivity contribution in [2.75, 3.05) is 6.54 Å². The lowest BCUT2D eigenvalue weighted by molar-refractivity contribution is 0.0717. The number of likely N-dealkylation sites (tertiary alicyclic amines) is 1. The molecule has 1 aromatic heterocycles. The van der Waals surface area contributed by atoms with E-state index >= 15 is 0 Å². The van der Waals surface area contributed by atoms with Crippen LogP contribution in [0.25, 0.3) is 22.2 Å². The van der Waals surface area contributed by atoms with Gasteiger partial charge in [-0.2, -0.15) is 0 Å². The summed E-state index contributed by atoms with van der Waals surface area (Å²) in [6.07, 6.45) is 1.81. The van der Waals surface area contributed by atoms with Gasteiger partial charge in [-0.15, -0.1) is 0 Å². The minimum atomic E-state index is -0.129. The van der Waals surface area contributed by atoms with Crippen molar-refractivity contribution in [2.24, 2.45) is 0 Å². The smallest absolute Gasteiger partial charge is 0.254 e. The third-order valence-electron chi connectivity index (χ3n) is 5.65. The molecule has 30 heavy (non-hydrogen) atoms. The summed E-state index contributed by atoms with van der Waals surface area (Å²) >= 11 is 3.42. The highest BCUT2D eigenvalue weighted by Crippen LogP contribution is 2.35. The van der Waals surface area contributed by atoms with Crippen molar-refractivity contribution < 1.29 is 9.21 Å². The van der Waals surface area contributed by atoms with Gasteiger partial charge in [0.05, 0.1) is 0 Å². The number of benzene rings is 3. The fourth-order valence-electron chi connectivity index (χ4n) is 4.12. The number of halogens is 1. The first-order valence-electron chi connectivity index (χ1n) is 10.1. The lowest BCUT2D eigenvalue weighted by Gasteiger charge is -2.22. The molecule has 5 rings (SSSR count). The average molecular weight is 461 g/mol. The van der Waals surface area contributed by atoms with Crippen molar-refractivity contribution >= 4 is 32.9 Å². The Kier molecular flexibility index (Phi) is 4.91. The van der Waals surface area contributed by atoms with Crippen LogP contribution in [0.2, 0.25) is 0 Å². The first kappa shape index (κ1) is 19.1. The molecule has 150 valence electrons. The van der Waals surface area contributed by atoms with E-state index < -0.39 is 0 Å². The SMILES string of the molecule is Cc1cccc(-c2ccc3oc(C4CCCN4C(=O)c4ccc(Br)cc4)nc3c2)c1. The van der Waals surface area contributed by atoms with E-state index in [0.29, 0.717) is 18.0 Å². The van der Waals surface area contributed by atoms with Gasteiger partial charge < -0.3 is 9.32 Å². The summed E-state index contributed by atoms with van der Waals surface area (Å²) < 4.78 is 7.05. The fraction of sp³-hybridized carbons (Fsp3) is 0.200. The van der Waals surface area contributed by atoms with Gasteiger partial charge in [0.15, 0.2) is 5.58 Å². The molecule has 2 heterocycles. The minimum absolute atomic E-state index is 0.0210. The van der Waals surface area contributed by atoms with Gasteiger partial charge in [-0.1, -0.05) is 51.8 Å². The third-order valence-corrected chi connectivity index (χ3v) is 6.17. The lowest BCUT2D eigenvalue weighted by Crippen LogP contribution is -2.30. The van der Waals surface area contributed by atoms with E-state index in [0.717, 1.165) is 39.5 Å². The Morgan fingerprint density at radius 3 is 2.67 bits per heavy atom. The Morgan fingerprint density at radius 1 is 1.07 bits per heavy atom. The zero-order chi connectivity index (χ0) is 20.7. The van der Waals surface area contributed by atoms with Crippen molar-refractivity contribution in [1.82, 2.24) is 9.88 Å². The quantitative estimate of drug-likeness (QED) is 0.348. The summed E-state index contributed by atoms with van der Waals surface area (Å²) in [4.78, 5) is 19.7. The van der Waals surface area contributed by atoms with Crippen molar-refractivity contribution in [3.8, 4) is 11.1 Å². The van der Waals surface area contributed by atoms with E-state index in [-0.39, 0.29) is 11.9 Å². The van der Waals surface area contributed by atoms with Crippen LogP contribution < -0.4 is 0 Å². The normalized spacial score (nSPS) is 16.3. The average Bonchev–Trinajstić information content (AvgIpc) is 3.40. The predicted octanol–water partition coefficient (Wildman–Crippen LogP) is 6.54. The summed E-state index contributed by atoms with van der Waals surface area (Å²) in [5.74, 6) is 0.641. The highest BCUT2D eigenvalue weighted by Gasteiger charge is 2.34. The number of hydrogen-bond donors (Lipinski definition) is 0. The summed E-state index contributed by atoms with van der Waals surface area (Å²) in [5.41, 5.74) is 5.76. The summed E-state index contributed by atoms with van der Waals surface area (Å²) in [5, 5.41) is 0. The minimum Gasteiger partial charge on any atom is -0.438 e. The van der Waals surface area contributed by atoms with Gasteiger partial charge in [0.25, 0.3) is 5.91 Å². The second-order valence-electron chi connectivity index (χ2n) is 7.77. The Bertz CT molecular complexity index is 1230. The van der Waals surface area contributed by atoms with Gasteiger partial charge in [0, 0.05) is 16.6 Å². The Hall–Kier alpha value is -2.92. The van der Waals surface area contributed by atoms with Crippen LogP contribution >= 0.6 is 15.9 Å². The topological polar surface area (TPSA) is 46.3 Å². The zero-order valence-corrected chi connectivity index (χ0v) is 18.2. The number of rotatable bonds is 3. The molecule has 1 amide bonds. The number of fused-ring (bicyclic) bond motifs is 1. The highest BCUT2D eigenvalue weighted by atomic mass is 79.9. The molecular weight excluding hydrogens is 440 g/mol. The molecule has 4 nitrogen and oxygen atoms in total. The van der Waals surface area contributed by atoms with Crippen molar-refractivity contribution in [2.45, 2.75) is 25.8 Å². The van der Waals surface area contributed by atoms with Crippen LogP contribution in [0.4, 0.5) is 0 Å². The van der Waals surface area contributed by atoms with Gasteiger partial charge >= 0.3 is 0 Å². The standard InChI is InChI=1S/C25H21BrN2O2/c1-16-4-2-5-18(14-16)19-9-12-23-21(15-19)27-24(30-23)22-6-3-13-28(22)25(29)17-7-10-20(26)11-8-17/h2,4-5,7-12,14-15,22H,3,6,13H2,1H3. The number of aryl methyl sites for hydroxylation is 1. The molecule has 5 heteroatoms. The van der Waals surface area contributed by atoms with Crippen molar-refractivity contribution in [3.63, 3.8) is 0 Å². The second kappa shape index (κ2) is 7.73. The van der Waals surface area contributed by atoms with Gasteiger partial charge in [0.2, 0.25) is 5.89 Å². The predicted molar refractivity (Wildman–Crippen MR) is 121 cm³/mol. The summed E-state index contributed by atoms with van der Waals surface area (Å²) in [6, 6.07) is 21.9. The zero-order valence-electron chi connectivity index (χ0n) is 16.6. The fourth-order valence-corrected chi connectivity index (χ4v) is 4.38. The first-order valence-corrected chi connectivity index (χ1v) is 10.9. The first-order chi connectivity index (χ1) is 14.6. The maximum absolute atomic E-state index is 13.1. The molecule has 1 atom stereocenters. The number of carbonyl (C=O) groups excluding carboxylic acids is 1. The monoisotopic (exact) mass is 460 g/mol. The number of aromatic nitrogens is 1. The Balaban J connectivity index is 1.46. The molecule has 0 radical (unpaired) electrons. The number of carbonyl (C=O) groups is 1. The van der Waals surface area contributed by atoms with Gasteiger partial charge in [-0.05, 0) is 67.3 Å². The van der Waals surface area contributed by atoms with E-state index in [1.165, 1.54) is 5.56 Å². The Morgan fingerprint density at radius 2 is 1.87 bits per heavy atom. The van der Waals surface area contributed by atoms with Gasteiger partial charge in [0.1, 0.15) is 11.6 Å². The third kappa shape index (κ3) is 3.54. The van der Waals surface area contributed by atoms with Crippen molar-refractivity contribution in [1.29, 1.82) is 0 Å². The maximum Gasteiger partial charge on any atom is 0.254 e. The molecule has 0 spiro atoms. The molecule has 0 saturated carbocycles. The highest BCUT2D eigenvalue weighted by molar-refractivity contribution is 9.10. The molecule has 1 fully saturated rings. The van der Waals surface area contributed by atoms with Crippen LogP contribution in [0.3, 0.4) is 0 Å². The molecule has 1 saturated heterocycles. The molecule has 1 aliphatic heterocycles. The Labute approximate surface area is 183 Å². The van der Waals surface area contributed by atoms with Gasteiger partial charge in [-0.25, -0.2) is 4.98 Å². The van der Waals surface area contributed by atoms with Crippen LogP contribution in [0, 0.1) is 6.92 Å². The van der Waals surface area contributed by atoms with Crippen LogP contribution in [-0.2, 0) is 0 Å².